The second kappa shape index (κ2) is 10.2. The number of aryl methyl sites for hydroxylation is 1. The van der Waals surface area contributed by atoms with Crippen molar-refractivity contribution in [2.45, 2.75) is 45.4 Å². The molecule has 2 nitrogen and oxygen atoms in total. The van der Waals surface area contributed by atoms with Crippen molar-refractivity contribution >= 4 is 5.91 Å². The minimum Gasteiger partial charge on any atom is -0.355 e. The number of carbonyl (C=O) groups is 1. The maximum atomic E-state index is 13.7. The molecule has 0 bridgehead atoms. The molecule has 0 spiro atoms. The van der Waals surface area contributed by atoms with Gasteiger partial charge in [-0.05, 0) is 41.0 Å². The lowest BCUT2D eigenvalue weighted by molar-refractivity contribution is -0.126. The normalized spacial score (nSPS) is 11.5. The third-order valence-electron chi connectivity index (χ3n) is 5.94. The Bertz CT molecular complexity index is 874. The molecular weight excluding hydrogens is 366 g/mol. The number of rotatable bonds is 9. The van der Waals surface area contributed by atoms with Crippen LogP contribution in [-0.2, 0) is 23.1 Å². The molecule has 30 heavy (non-hydrogen) atoms. The molecule has 2 heteroatoms. The molecular formula is C28H33NO. The first-order chi connectivity index (χ1) is 14.6. The van der Waals surface area contributed by atoms with Crippen LogP contribution in [0.1, 0.15) is 49.4 Å². The van der Waals surface area contributed by atoms with Gasteiger partial charge in [-0.2, -0.15) is 0 Å². The highest BCUT2D eigenvalue weighted by Gasteiger charge is 2.44. The summed E-state index contributed by atoms with van der Waals surface area (Å²) in [5.41, 5.74) is 3.98. The van der Waals surface area contributed by atoms with Gasteiger partial charge < -0.3 is 5.32 Å². The van der Waals surface area contributed by atoms with E-state index in [1.165, 1.54) is 11.1 Å². The molecule has 3 aromatic carbocycles. The number of hydrogen-bond acceptors (Lipinski definition) is 1. The highest BCUT2D eigenvalue weighted by Crippen LogP contribution is 2.39. The molecule has 0 aliphatic heterocycles. The van der Waals surface area contributed by atoms with Gasteiger partial charge in [-0.15, -0.1) is 0 Å². The fourth-order valence-electron chi connectivity index (χ4n) is 4.38. The van der Waals surface area contributed by atoms with Gasteiger partial charge in [0, 0.05) is 6.54 Å². The molecule has 0 radical (unpaired) electrons. The van der Waals surface area contributed by atoms with E-state index in [-0.39, 0.29) is 11.8 Å². The average molecular weight is 400 g/mol. The average Bonchev–Trinajstić information content (AvgIpc) is 2.77. The van der Waals surface area contributed by atoms with Crippen LogP contribution < -0.4 is 5.32 Å². The van der Waals surface area contributed by atoms with E-state index in [1.54, 1.807) is 0 Å². The second-order valence-corrected chi connectivity index (χ2v) is 8.27. The van der Waals surface area contributed by atoms with E-state index in [0.717, 1.165) is 30.4 Å². The number of benzene rings is 3. The summed E-state index contributed by atoms with van der Waals surface area (Å²) in [6.07, 6.45) is 3.10. The van der Waals surface area contributed by atoms with E-state index < -0.39 is 5.41 Å². The summed E-state index contributed by atoms with van der Waals surface area (Å²) >= 11 is 0. The number of hydrogen-bond donors (Lipinski definition) is 1. The first-order valence-electron chi connectivity index (χ1n) is 11.1. The van der Waals surface area contributed by atoms with E-state index >= 15 is 0 Å². The number of amides is 1. The van der Waals surface area contributed by atoms with Crippen LogP contribution in [0.25, 0.3) is 0 Å². The lowest BCUT2D eigenvalue weighted by Crippen LogP contribution is -2.49. The lowest BCUT2D eigenvalue weighted by atomic mass is 9.66. The van der Waals surface area contributed by atoms with Crippen molar-refractivity contribution in [2.75, 3.05) is 6.54 Å². The zero-order valence-electron chi connectivity index (χ0n) is 18.4. The third-order valence-corrected chi connectivity index (χ3v) is 5.94. The zero-order valence-corrected chi connectivity index (χ0v) is 18.4. The highest BCUT2D eigenvalue weighted by molar-refractivity contribution is 5.92. The van der Waals surface area contributed by atoms with Gasteiger partial charge in [-0.25, -0.2) is 0 Å². The molecule has 3 aromatic rings. The Hall–Kier alpha value is -2.87. The molecule has 0 saturated carbocycles. The number of carbonyl (C=O) groups excluding carboxylic acids is 1. The monoisotopic (exact) mass is 399 g/mol. The Morgan fingerprint density at radius 1 is 0.767 bits per heavy atom. The Morgan fingerprint density at radius 2 is 1.23 bits per heavy atom. The fraction of sp³-hybridized carbons (Fsp3) is 0.321. The van der Waals surface area contributed by atoms with Crippen LogP contribution in [0.5, 0.6) is 0 Å². The van der Waals surface area contributed by atoms with E-state index in [1.807, 2.05) is 36.4 Å². The first-order valence-corrected chi connectivity index (χ1v) is 11.1. The van der Waals surface area contributed by atoms with Crippen molar-refractivity contribution in [1.82, 2.24) is 5.32 Å². The van der Waals surface area contributed by atoms with Crippen molar-refractivity contribution in [3.05, 3.63) is 107 Å². The minimum absolute atomic E-state index is 0.0671. The SMILES string of the molecule is CCCc1ccc(CCNC(=O)C(c2ccccc2)(c2ccccc2)C(C)C)cc1. The molecule has 0 unspecified atom stereocenters. The quantitative estimate of drug-likeness (QED) is 0.474. The van der Waals surface area contributed by atoms with E-state index in [0.29, 0.717) is 6.54 Å². The van der Waals surface area contributed by atoms with Gasteiger partial charge in [0.15, 0.2) is 0 Å². The van der Waals surface area contributed by atoms with Crippen LogP contribution in [0.2, 0.25) is 0 Å². The number of nitrogens with one attached hydrogen (secondary N) is 1. The van der Waals surface area contributed by atoms with Gasteiger partial charge in [0.25, 0.3) is 0 Å². The van der Waals surface area contributed by atoms with Crippen LogP contribution in [0.4, 0.5) is 0 Å². The molecule has 0 aliphatic rings. The zero-order chi connectivity index (χ0) is 21.4. The van der Waals surface area contributed by atoms with E-state index in [9.17, 15) is 4.79 Å². The van der Waals surface area contributed by atoms with Crippen molar-refractivity contribution in [2.24, 2.45) is 5.92 Å². The summed E-state index contributed by atoms with van der Waals surface area (Å²) in [6, 6.07) is 29.1. The largest absolute Gasteiger partial charge is 0.355 e. The molecule has 156 valence electrons. The standard InChI is InChI=1S/C28H33NO/c1-4-11-23-16-18-24(19-17-23)20-21-29-27(30)28(22(2)3,25-12-7-5-8-13-25)26-14-9-6-10-15-26/h5-10,12-19,22H,4,11,20-21H2,1-3H3,(H,29,30). The van der Waals surface area contributed by atoms with Gasteiger partial charge in [-0.1, -0.05) is 112 Å². The summed E-state index contributed by atoms with van der Waals surface area (Å²) in [6.45, 7) is 7.09. The molecule has 0 heterocycles. The summed E-state index contributed by atoms with van der Waals surface area (Å²) < 4.78 is 0. The van der Waals surface area contributed by atoms with Crippen LogP contribution in [0, 0.1) is 5.92 Å². The third kappa shape index (κ3) is 4.64. The van der Waals surface area contributed by atoms with Gasteiger partial charge in [0.2, 0.25) is 5.91 Å². The minimum atomic E-state index is -0.715. The Balaban J connectivity index is 1.82. The predicted molar refractivity (Wildman–Crippen MR) is 126 cm³/mol. The molecule has 1 N–H and O–H groups in total. The molecule has 0 aromatic heterocycles. The van der Waals surface area contributed by atoms with Crippen molar-refractivity contribution in [3.8, 4) is 0 Å². The van der Waals surface area contributed by atoms with Crippen molar-refractivity contribution < 1.29 is 4.79 Å². The Kier molecular flexibility index (Phi) is 7.46. The highest BCUT2D eigenvalue weighted by atomic mass is 16.2. The first kappa shape index (κ1) is 21.8. The van der Waals surface area contributed by atoms with Crippen molar-refractivity contribution in [1.29, 1.82) is 0 Å². The van der Waals surface area contributed by atoms with Gasteiger partial charge >= 0.3 is 0 Å². The predicted octanol–water partition coefficient (Wildman–Crippen LogP) is 5.94. The maximum absolute atomic E-state index is 13.7. The van der Waals surface area contributed by atoms with Crippen LogP contribution in [0.15, 0.2) is 84.9 Å². The summed E-state index contributed by atoms with van der Waals surface area (Å²) in [5.74, 6) is 0.174. The van der Waals surface area contributed by atoms with Crippen molar-refractivity contribution in [3.63, 3.8) is 0 Å². The smallest absolute Gasteiger partial charge is 0.235 e. The molecule has 0 saturated heterocycles. The maximum Gasteiger partial charge on any atom is 0.235 e. The van der Waals surface area contributed by atoms with Crippen LogP contribution in [-0.4, -0.2) is 12.5 Å². The van der Waals surface area contributed by atoms with E-state index in [2.05, 4.69) is 74.6 Å². The summed E-state index contributed by atoms with van der Waals surface area (Å²) in [4.78, 5) is 13.7. The molecule has 1 amide bonds. The van der Waals surface area contributed by atoms with Gasteiger partial charge in [0.05, 0.1) is 0 Å². The fourth-order valence-corrected chi connectivity index (χ4v) is 4.38. The summed E-state index contributed by atoms with van der Waals surface area (Å²) in [7, 11) is 0. The molecule has 3 rings (SSSR count). The summed E-state index contributed by atoms with van der Waals surface area (Å²) in [5, 5.41) is 3.25. The Labute approximate surface area is 181 Å². The van der Waals surface area contributed by atoms with Crippen LogP contribution >= 0.6 is 0 Å². The second-order valence-electron chi connectivity index (χ2n) is 8.27. The van der Waals surface area contributed by atoms with Gasteiger partial charge in [-0.3, -0.25) is 4.79 Å². The van der Waals surface area contributed by atoms with Gasteiger partial charge in [0.1, 0.15) is 5.41 Å². The molecule has 0 aliphatic carbocycles. The topological polar surface area (TPSA) is 29.1 Å². The Morgan fingerprint density at radius 3 is 1.67 bits per heavy atom. The molecule has 0 atom stereocenters. The molecule has 0 fully saturated rings. The van der Waals surface area contributed by atoms with Crippen LogP contribution in [0.3, 0.4) is 0 Å². The van der Waals surface area contributed by atoms with E-state index in [4.69, 9.17) is 0 Å². The lowest BCUT2D eigenvalue weighted by Gasteiger charge is -2.37.